The molecule has 6 heteroatoms. The van der Waals surface area contributed by atoms with Crippen molar-refractivity contribution in [2.24, 2.45) is 5.73 Å². The summed E-state index contributed by atoms with van der Waals surface area (Å²) in [5.74, 6) is 0. The summed E-state index contributed by atoms with van der Waals surface area (Å²) in [6.45, 7) is 5.66. The molecular formula is C13H20N2O2S2. The molecule has 0 aliphatic rings. The molecule has 1 aromatic carbocycles. The number of nitrogens with two attached hydrogens (primary N) is 1. The molecule has 4 nitrogen and oxygen atoms in total. The van der Waals surface area contributed by atoms with Crippen LogP contribution in [0.5, 0.6) is 0 Å². The zero-order chi connectivity index (χ0) is 14.6. The van der Waals surface area contributed by atoms with Crippen molar-refractivity contribution in [3.8, 4) is 0 Å². The maximum absolute atomic E-state index is 12.4. The first-order chi connectivity index (χ1) is 8.81. The maximum Gasteiger partial charge on any atom is 0.241 e. The Morgan fingerprint density at radius 2 is 1.95 bits per heavy atom. The van der Waals surface area contributed by atoms with Gasteiger partial charge < -0.3 is 5.73 Å². The fraction of sp³-hybridized carbons (Fsp3) is 0.462. The van der Waals surface area contributed by atoms with Crippen molar-refractivity contribution in [3.63, 3.8) is 0 Å². The molecular weight excluding hydrogens is 280 g/mol. The maximum atomic E-state index is 12.4. The fourth-order valence-electron chi connectivity index (χ4n) is 1.78. The van der Waals surface area contributed by atoms with E-state index in [0.717, 1.165) is 12.8 Å². The molecule has 0 aromatic heterocycles. The second kappa shape index (κ2) is 6.45. The molecule has 3 N–H and O–H groups in total. The molecule has 1 rings (SSSR count). The van der Waals surface area contributed by atoms with Crippen LogP contribution in [0.2, 0.25) is 0 Å². The van der Waals surface area contributed by atoms with E-state index in [0.29, 0.717) is 11.1 Å². The first-order valence-corrected chi connectivity index (χ1v) is 8.13. The lowest BCUT2D eigenvalue weighted by Gasteiger charge is -2.16. The third-order valence-electron chi connectivity index (χ3n) is 3.07. The average Bonchev–Trinajstić information content (AvgIpc) is 2.35. The van der Waals surface area contributed by atoms with Gasteiger partial charge in [0.15, 0.2) is 0 Å². The third-order valence-corrected chi connectivity index (χ3v) is 4.97. The van der Waals surface area contributed by atoms with Crippen LogP contribution in [0.1, 0.15) is 37.8 Å². The van der Waals surface area contributed by atoms with Gasteiger partial charge in [0.2, 0.25) is 10.0 Å². The number of sulfonamides is 1. The Morgan fingerprint density at radius 3 is 2.42 bits per heavy atom. The lowest BCUT2D eigenvalue weighted by molar-refractivity contribution is 0.530. The van der Waals surface area contributed by atoms with Crippen LogP contribution in [-0.2, 0) is 10.0 Å². The summed E-state index contributed by atoms with van der Waals surface area (Å²) in [5.41, 5.74) is 6.79. The molecule has 0 saturated carbocycles. The number of thiocarbonyl (C=S) groups is 1. The van der Waals surface area contributed by atoms with Crippen molar-refractivity contribution in [3.05, 3.63) is 29.3 Å². The molecule has 0 radical (unpaired) electrons. The average molecular weight is 300 g/mol. The minimum atomic E-state index is -3.54. The van der Waals surface area contributed by atoms with Crippen LogP contribution in [0.4, 0.5) is 0 Å². The molecule has 0 atom stereocenters. The molecule has 0 spiro atoms. The second-order valence-corrected chi connectivity index (χ2v) is 6.60. The number of hydrogen-bond donors (Lipinski definition) is 2. The Morgan fingerprint density at radius 1 is 1.37 bits per heavy atom. The SMILES string of the molecule is CCC(CC)NS(=O)(=O)c1cc(C(N)=S)ccc1C. The third kappa shape index (κ3) is 3.99. The summed E-state index contributed by atoms with van der Waals surface area (Å²) < 4.78 is 27.4. The number of nitrogens with one attached hydrogen (secondary N) is 1. The Hall–Kier alpha value is -0.980. The van der Waals surface area contributed by atoms with Gasteiger partial charge in [-0.25, -0.2) is 13.1 Å². The Kier molecular flexibility index (Phi) is 5.46. The number of benzene rings is 1. The first kappa shape index (κ1) is 16.1. The van der Waals surface area contributed by atoms with Crippen molar-refractivity contribution in [1.82, 2.24) is 4.72 Å². The quantitative estimate of drug-likeness (QED) is 0.789. The van der Waals surface area contributed by atoms with E-state index in [4.69, 9.17) is 18.0 Å². The minimum Gasteiger partial charge on any atom is -0.389 e. The predicted octanol–water partition coefficient (Wildman–Crippen LogP) is 2.10. The summed E-state index contributed by atoms with van der Waals surface area (Å²) in [6, 6.07) is 4.92. The first-order valence-electron chi connectivity index (χ1n) is 6.24. The summed E-state index contributed by atoms with van der Waals surface area (Å²) in [5, 5.41) is 0. The Labute approximate surface area is 120 Å². The highest BCUT2D eigenvalue weighted by Crippen LogP contribution is 2.18. The smallest absolute Gasteiger partial charge is 0.241 e. The van der Waals surface area contributed by atoms with Gasteiger partial charge in [-0.05, 0) is 31.4 Å². The van der Waals surface area contributed by atoms with E-state index in [1.165, 1.54) is 6.07 Å². The topological polar surface area (TPSA) is 72.2 Å². The van der Waals surface area contributed by atoms with Gasteiger partial charge in [0.05, 0.1) is 4.90 Å². The van der Waals surface area contributed by atoms with Gasteiger partial charge in [0, 0.05) is 11.6 Å². The van der Waals surface area contributed by atoms with Gasteiger partial charge in [-0.3, -0.25) is 0 Å². The highest BCUT2D eigenvalue weighted by molar-refractivity contribution is 7.89. The van der Waals surface area contributed by atoms with E-state index in [2.05, 4.69) is 4.72 Å². The molecule has 0 amide bonds. The lowest BCUT2D eigenvalue weighted by atomic mass is 10.1. The Bertz CT molecular complexity index is 564. The molecule has 0 aliphatic heterocycles. The van der Waals surface area contributed by atoms with Gasteiger partial charge in [-0.2, -0.15) is 0 Å². The van der Waals surface area contributed by atoms with E-state index in [-0.39, 0.29) is 15.9 Å². The van der Waals surface area contributed by atoms with Gasteiger partial charge >= 0.3 is 0 Å². The van der Waals surface area contributed by atoms with Gasteiger partial charge in [0.1, 0.15) is 4.99 Å². The molecule has 0 bridgehead atoms. The summed E-state index contributed by atoms with van der Waals surface area (Å²) in [7, 11) is -3.54. The van der Waals surface area contributed by atoms with Gasteiger partial charge in [-0.15, -0.1) is 0 Å². The summed E-state index contributed by atoms with van der Waals surface area (Å²) in [6.07, 6.45) is 1.51. The predicted molar refractivity (Wildman–Crippen MR) is 81.8 cm³/mol. The summed E-state index contributed by atoms with van der Waals surface area (Å²) in [4.78, 5) is 0.434. The number of aryl methyl sites for hydroxylation is 1. The summed E-state index contributed by atoms with van der Waals surface area (Å²) >= 11 is 4.88. The van der Waals surface area contributed by atoms with Crippen LogP contribution in [0.3, 0.4) is 0 Å². The van der Waals surface area contributed by atoms with Crippen molar-refractivity contribution >= 4 is 27.2 Å². The van der Waals surface area contributed by atoms with Crippen LogP contribution in [0, 0.1) is 6.92 Å². The molecule has 0 aliphatic carbocycles. The standard InChI is InChI=1S/C13H20N2O2S2/c1-4-11(5-2)15-19(16,17)12-8-10(13(14)18)7-6-9(12)3/h6-8,11,15H,4-5H2,1-3H3,(H2,14,18). The largest absolute Gasteiger partial charge is 0.389 e. The van der Waals surface area contributed by atoms with E-state index < -0.39 is 10.0 Å². The minimum absolute atomic E-state index is 0.0575. The highest BCUT2D eigenvalue weighted by atomic mass is 32.2. The van der Waals surface area contributed by atoms with E-state index in [1.54, 1.807) is 19.1 Å². The van der Waals surface area contributed by atoms with Crippen LogP contribution >= 0.6 is 12.2 Å². The normalized spacial score (nSPS) is 11.8. The zero-order valence-electron chi connectivity index (χ0n) is 11.4. The monoisotopic (exact) mass is 300 g/mol. The van der Waals surface area contributed by atoms with Crippen molar-refractivity contribution in [2.45, 2.75) is 44.6 Å². The van der Waals surface area contributed by atoms with Crippen LogP contribution in [0.25, 0.3) is 0 Å². The van der Waals surface area contributed by atoms with Crippen molar-refractivity contribution < 1.29 is 8.42 Å². The number of rotatable bonds is 6. The van der Waals surface area contributed by atoms with Gasteiger partial charge in [0.25, 0.3) is 0 Å². The second-order valence-electron chi connectivity index (χ2n) is 4.48. The van der Waals surface area contributed by atoms with Crippen LogP contribution in [-0.4, -0.2) is 19.4 Å². The molecule has 0 fully saturated rings. The van der Waals surface area contributed by atoms with Crippen LogP contribution in [0.15, 0.2) is 23.1 Å². The fourth-order valence-corrected chi connectivity index (χ4v) is 3.58. The van der Waals surface area contributed by atoms with E-state index >= 15 is 0 Å². The van der Waals surface area contributed by atoms with Crippen LogP contribution < -0.4 is 10.5 Å². The molecule has 106 valence electrons. The van der Waals surface area contributed by atoms with Crippen molar-refractivity contribution in [2.75, 3.05) is 0 Å². The number of hydrogen-bond acceptors (Lipinski definition) is 3. The molecule has 19 heavy (non-hydrogen) atoms. The lowest BCUT2D eigenvalue weighted by Crippen LogP contribution is -2.34. The molecule has 0 saturated heterocycles. The molecule has 0 heterocycles. The zero-order valence-corrected chi connectivity index (χ0v) is 13.1. The van der Waals surface area contributed by atoms with Crippen molar-refractivity contribution in [1.29, 1.82) is 0 Å². The van der Waals surface area contributed by atoms with Gasteiger partial charge in [-0.1, -0.05) is 38.2 Å². The molecule has 0 unspecified atom stereocenters. The van der Waals surface area contributed by atoms with E-state index in [9.17, 15) is 8.42 Å². The molecule has 1 aromatic rings. The highest BCUT2D eigenvalue weighted by Gasteiger charge is 2.20. The van der Waals surface area contributed by atoms with E-state index in [1.807, 2.05) is 13.8 Å². The Balaban J connectivity index is 3.20.